The van der Waals surface area contributed by atoms with Gasteiger partial charge < -0.3 is 14.8 Å². The summed E-state index contributed by atoms with van der Waals surface area (Å²) < 4.78 is 1.99. The number of rotatable bonds is 3. The van der Waals surface area contributed by atoms with Crippen molar-refractivity contribution in [1.82, 2.24) is 19.7 Å². The summed E-state index contributed by atoms with van der Waals surface area (Å²) in [6, 6.07) is 5.87. The number of anilines is 1. The zero-order chi connectivity index (χ0) is 14.8. The summed E-state index contributed by atoms with van der Waals surface area (Å²) in [5, 5.41) is 11.2. The van der Waals surface area contributed by atoms with Crippen LogP contribution in [0, 0.1) is 6.92 Å². The predicted molar refractivity (Wildman–Crippen MR) is 80.1 cm³/mol. The highest BCUT2D eigenvalue weighted by Gasteiger charge is 2.23. The summed E-state index contributed by atoms with van der Waals surface area (Å²) in [6.07, 6.45) is 1.72. The Morgan fingerprint density at radius 1 is 1.38 bits per heavy atom. The summed E-state index contributed by atoms with van der Waals surface area (Å²) in [5.74, 6) is 0.904. The van der Waals surface area contributed by atoms with Gasteiger partial charge in [0.05, 0.1) is 6.54 Å². The van der Waals surface area contributed by atoms with Crippen molar-refractivity contribution >= 4 is 11.6 Å². The largest absolute Gasteiger partial charge is 0.385 e. The Morgan fingerprint density at radius 3 is 3.00 bits per heavy atom. The molecule has 1 aromatic heterocycles. The Kier molecular flexibility index (Phi) is 3.60. The Balaban J connectivity index is 1.80. The van der Waals surface area contributed by atoms with Gasteiger partial charge in [-0.3, -0.25) is 4.79 Å². The van der Waals surface area contributed by atoms with Crippen molar-refractivity contribution in [2.45, 2.75) is 26.9 Å². The molecule has 6 nitrogen and oxygen atoms in total. The second kappa shape index (κ2) is 5.55. The van der Waals surface area contributed by atoms with Crippen LogP contribution in [0.15, 0.2) is 24.5 Å². The standard InChI is InChI=1S/C15H19N5O/c1-3-16-12-4-5-13(11(2)8-12)15(21)19-6-7-20-10-17-18-14(20)9-19/h4-5,8,10,16H,3,6-7,9H2,1-2H3. The minimum atomic E-state index is 0.0600. The van der Waals surface area contributed by atoms with Gasteiger partial charge in [-0.25, -0.2) is 0 Å². The molecule has 0 aliphatic carbocycles. The molecule has 0 atom stereocenters. The molecule has 0 saturated heterocycles. The van der Waals surface area contributed by atoms with Gasteiger partial charge >= 0.3 is 0 Å². The summed E-state index contributed by atoms with van der Waals surface area (Å²) in [6.45, 7) is 6.86. The van der Waals surface area contributed by atoms with Crippen LogP contribution in [-0.4, -0.2) is 38.7 Å². The highest BCUT2D eigenvalue weighted by molar-refractivity contribution is 5.96. The van der Waals surface area contributed by atoms with E-state index in [0.29, 0.717) is 13.1 Å². The fourth-order valence-corrected chi connectivity index (χ4v) is 2.63. The number of carbonyl (C=O) groups excluding carboxylic acids is 1. The average Bonchev–Trinajstić information content (AvgIpc) is 2.94. The van der Waals surface area contributed by atoms with Gasteiger partial charge in [0.15, 0.2) is 5.82 Å². The van der Waals surface area contributed by atoms with Gasteiger partial charge in [-0.2, -0.15) is 0 Å². The van der Waals surface area contributed by atoms with Crippen LogP contribution >= 0.6 is 0 Å². The van der Waals surface area contributed by atoms with E-state index >= 15 is 0 Å². The number of hydrogen-bond donors (Lipinski definition) is 1. The van der Waals surface area contributed by atoms with E-state index in [0.717, 1.165) is 35.7 Å². The number of aromatic nitrogens is 3. The van der Waals surface area contributed by atoms with Gasteiger partial charge in [0.1, 0.15) is 6.33 Å². The summed E-state index contributed by atoms with van der Waals surface area (Å²) in [5.41, 5.74) is 2.79. The van der Waals surface area contributed by atoms with Gasteiger partial charge in [-0.15, -0.1) is 10.2 Å². The molecule has 1 aliphatic rings. The first kappa shape index (κ1) is 13.6. The number of hydrogen-bond acceptors (Lipinski definition) is 4. The van der Waals surface area contributed by atoms with Crippen molar-refractivity contribution in [3.05, 3.63) is 41.5 Å². The van der Waals surface area contributed by atoms with Crippen LogP contribution in [-0.2, 0) is 13.1 Å². The van der Waals surface area contributed by atoms with E-state index in [1.165, 1.54) is 0 Å². The van der Waals surface area contributed by atoms with Crippen molar-refractivity contribution in [1.29, 1.82) is 0 Å². The molecule has 3 rings (SSSR count). The third-order valence-electron chi connectivity index (χ3n) is 3.76. The molecule has 0 radical (unpaired) electrons. The van der Waals surface area contributed by atoms with Gasteiger partial charge in [-0.1, -0.05) is 0 Å². The Hall–Kier alpha value is -2.37. The van der Waals surface area contributed by atoms with Gasteiger partial charge in [0, 0.05) is 30.9 Å². The Labute approximate surface area is 123 Å². The number of benzene rings is 1. The van der Waals surface area contributed by atoms with E-state index < -0.39 is 0 Å². The minimum Gasteiger partial charge on any atom is -0.385 e. The lowest BCUT2D eigenvalue weighted by molar-refractivity contribution is 0.0707. The lowest BCUT2D eigenvalue weighted by atomic mass is 10.1. The summed E-state index contributed by atoms with van der Waals surface area (Å²) in [4.78, 5) is 14.5. The normalized spacial score (nSPS) is 13.9. The minimum absolute atomic E-state index is 0.0600. The van der Waals surface area contributed by atoms with Crippen LogP contribution < -0.4 is 5.32 Å². The molecule has 1 amide bonds. The van der Waals surface area contributed by atoms with E-state index in [9.17, 15) is 4.79 Å². The van der Waals surface area contributed by atoms with Crippen LogP contribution in [0.3, 0.4) is 0 Å². The SMILES string of the molecule is CCNc1ccc(C(=O)N2CCn3cnnc3C2)c(C)c1. The molecule has 1 aromatic carbocycles. The monoisotopic (exact) mass is 285 g/mol. The number of fused-ring (bicyclic) bond motifs is 1. The number of nitrogens with zero attached hydrogens (tertiary/aromatic N) is 4. The number of amides is 1. The molecule has 0 fully saturated rings. The molecule has 0 bridgehead atoms. The maximum atomic E-state index is 12.7. The molecule has 1 aliphatic heterocycles. The van der Waals surface area contributed by atoms with Crippen LogP contribution in [0.2, 0.25) is 0 Å². The van der Waals surface area contributed by atoms with Crippen molar-refractivity contribution in [2.75, 3.05) is 18.4 Å². The van der Waals surface area contributed by atoms with Gasteiger partial charge in [0.2, 0.25) is 0 Å². The van der Waals surface area contributed by atoms with Crippen molar-refractivity contribution in [3.63, 3.8) is 0 Å². The molecule has 0 spiro atoms. The molecule has 2 aromatic rings. The first-order valence-electron chi connectivity index (χ1n) is 7.19. The van der Waals surface area contributed by atoms with E-state index in [-0.39, 0.29) is 5.91 Å². The summed E-state index contributed by atoms with van der Waals surface area (Å²) >= 11 is 0. The smallest absolute Gasteiger partial charge is 0.254 e. The third kappa shape index (κ3) is 2.61. The molecule has 6 heteroatoms. The van der Waals surface area contributed by atoms with Crippen LogP contribution in [0.1, 0.15) is 28.7 Å². The molecular weight excluding hydrogens is 266 g/mol. The molecule has 0 unspecified atom stereocenters. The lowest BCUT2D eigenvalue weighted by Crippen LogP contribution is -2.38. The predicted octanol–water partition coefficient (Wildman–Crippen LogP) is 1.67. The second-order valence-corrected chi connectivity index (χ2v) is 5.23. The van der Waals surface area contributed by atoms with Crippen LogP contribution in [0.5, 0.6) is 0 Å². The Bertz CT molecular complexity index is 664. The third-order valence-corrected chi connectivity index (χ3v) is 3.76. The quantitative estimate of drug-likeness (QED) is 0.932. The maximum Gasteiger partial charge on any atom is 0.254 e. The second-order valence-electron chi connectivity index (χ2n) is 5.23. The van der Waals surface area contributed by atoms with E-state index in [2.05, 4.69) is 22.4 Å². The topological polar surface area (TPSA) is 63.1 Å². The molecule has 0 saturated carbocycles. The molecule has 2 heterocycles. The first-order valence-corrected chi connectivity index (χ1v) is 7.19. The van der Waals surface area contributed by atoms with Crippen LogP contribution in [0.25, 0.3) is 0 Å². The van der Waals surface area contributed by atoms with Gasteiger partial charge in [0.25, 0.3) is 5.91 Å². The molecule has 21 heavy (non-hydrogen) atoms. The number of aryl methyl sites for hydroxylation is 1. The van der Waals surface area contributed by atoms with Gasteiger partial charge in [-0.05, 0) is 37.6 Å². The fourth-order valence-electron chi connectivity index (χ4n) is 2.63. The molecule has 110 valence electrons. The average molecular weight is 285 g/mol. The van der Waals surface area contributed by atoms with E-state index in [1.54, 1.807) is 6.33 Å². The number of nitrogens with one attached hydrogen (secondary N) is 1. The lowest BCUT2D eigenvalue weighted by Gasteiger charge is -2.27. The van der Waals surface area contributed by atoms with Crippen molar-refractivity contribution in [2.24, 2.45) is 0 Å². The van der Waals surface area contributed by atoms with Crippen molar-refractivity contribution in [3.8, 4) is 0 Å². The Morgan fingerprint density at radius 2 is 2.24 bits per heavy atom. The zero-order valence-electron chi connectivity index (χ0n) is 12.3. The first-order chi connectivity index (χ1) is 10.2. The number of carbonyl (C=O) groups is 1. The molecular formula is C15H19N5O. The fraction of sp³-hybridized carbons (Fsp3) is 0.400. The summed E-state index contributed by atoms with van der Waals surface area (Å²) in [7, 11) is 0. The van der Waals surface area contributed by atoms with E-state index in [1.807, 2.05) is 34.6 Å². The zero-order valence-corrected chi connectivity index (χ0v) is 12.3. The highest BCUT2D eigenvalue weighted by atomic mass is 16.2. The van der Waals surface area contributed by atoms with Crippen LogP contribution in [0.4, 0.5) is 5.69 Å². The maximum absolute atomic E-state index is 12.7. The van der Waals surface area contributed by atoms with E-state index in [4.69, 9.17) is 0 Å². The van der Waals surface area contributed by atoms with Crippen molar-refractivity contribution < 1.29 is 4.79 Å². The highest BCUT2D eigenvalue weighted by Crippen LogP contribution is 2.19. The molecule has 1 N–H and O–H groups in total.